The first-order valence-corrected chi connectivity index (χ1v) is 3.82. The van der Waals surface area contributed by atoms with Crippen molar-refractivity contribution in [3.8, 4) is 0 Å². The second-order valence-electron chi connectivity index (χ2n) is 3.47. The van der Waals surface area contributed by atoms with E-state index >= 15 is 0 Å². The first kappa shape index (κ1) is 6.85. The second kappa shape index (κ2) is 2.17. The zero-order valence-corrected chi connectivity index (χ0v) is 6.86. The van der Waals surface area contributed by atoms with Crippen LogP contribution in [0.1, 0.15) is 34.1 Å². The van der Waals surface area contributed by atoms with Crippen molar-refractivity contribution in [3.63, 3.8) is 0 Å². The lowest BCUT2D eigenvalue weighted by Crippen LogP contribution is -1.87. The zero-order valence-electron chi connectivity index (χ0n) is 6.86. The average Bonchev–Trinajstić information content (AvgIpc) is 2.44. The molecule has 1 unspecified atom stereocenters. The Bertz CT molecular complexity index is 140. The molecule has 0 N–H and O–H groups in total. The Morgan fingerprint density at radius 1 is 1.56 bits per heavy atom. The molecular weight excluding hydrogens is 108 g/mol. The average molecular weight is 124 g/mol. The van der Waals surface area contributed by atoms with Crippen LogP contribution >= 0.6 is 0 Å². The van der Waals surface area contributed by atoms with E-state index in [0.29, 0.717) is 0 Å². The fourth-order valence-corrected chi connectivity index (χ4v) is 1.19. The van der Waals surface area contributed by atoms with Crippen molar-refractivity contribution >= 4 is 0 Å². The first-order valence-electron chi connectivity index (χ1n) is 3.82. The maximum absolute atomic E-state index is 2.31. The van der Waals surface area contributed by atoms with Crippen molar-refractivity contribution in [1.82, 2.24) is 0 Å². The third kappa shape index (κ3) is 1.35. The van der Waals surface area contributed by atoms with E-state index in [1.165, 1.54) is 6.42 Å². The van der Waals surface area contributed by atoms with Crippen molar-refractivity contribution in [3.05, 3.63) is 11.1 Å². The molecular formula is C9H16. The highest BCUT2D eigenvalue weighted by Gasteiger charge is 2.26. The highest BCUT2D eigenvalue weighted by atomic mass is 14.3. The molecule has 1 fully saturated rings. The van der Waals surface area contributed by atoms with Gasteiger partial charge in [0.2, 0.25) is 0 Å². The van der Waals surface area contributed by atoms with Gasteiger partial charge < -0.3 is 0 Å². The monoisotopic (exact) mass is 124 g/mol. The SMILES string of the molecule is CC(=C1CC1C)C(C)C. The molecule has 0 amide bonds. The molecule has 1 saturated carbocycles. The molecule has 1 aliphatic carbocycles. The highest BCUT2D eigenvalue weighted by molar-refractivity contribution is 5.28. The van der Waals surface area contributed by atoms with E-state index in [4.69, 9.17) is 0 Å². The maximum Gasteiger partial charge on any atom is -0.0191 e. The smallest absolute Gasteiger partial charge is 0.0191 e. The van der Waals surface area contributed by atoms with Crippen LogP contribution in [0.15, 0.2) is 11.1 Å². The van der Waals surface area contributed by atoms with E-state index in [-0.39, 0.29) is 0 Å². The van der Waals surface area contributed by atoms with E-state index in [0.717, 1.165) is 11.8 Å². The minimum Gasteiger partial charge on any atom is -0.0713 e. The van der Waals surface area contributed by atoms with Crippen molar-refractivity contribution in [2.75, 3.05) is 0 Å². The Balaban J connectivity index is 2.61. The van der Waals surface area contributed by atoms with Crippen molar-refractivity contribution in [2.45, 2.75) is 34.1 Å². The molecule has 0 spiro atoms. The minimum atomic E-state index is 0.768. The molecule has 1 atom stereocenters. The van der Waals surface area contributed by atoms with Gasteiger partial charge in [0.15, 0.2) is 0 Å². The van der Waals surface area contributed by atoms with Crippen LogP contribution < -0.4 is 0 Å². The summed E-state index contributed by atoms with van der Waals surface area (Å²) in [6, 6.07) is 0. The van der Waals surface area contributed by atoms with E-state index in [2.05, 4.69) is 27.7 Å². The second-order valence-corrected chi connectivity index (χ2v) is 3.47. The van der Waals surface area contributed by atoms with Gasteiger partial charge in [0.25, 0.3) is 0 Å². The summed E-state index contributed by atoms with van der Waals surface area (Å²) in [4.78, 5) is 0. The fraction of sp³-hybridized carbons (Fsp3) is 0.778. The third-order valence-corrected chi connectivity index (χ3v) is 2.33. The van der Waals surface area contributed by atoms with Gasteiger partial charge in [-0.3, -0.25) is 0 Å². The van der Waals surface area contributed by atoms with Crippen LogP contribution in [0, 0.1) is 11.8 Å². The highest BCUT2D eigenvalue weighted by Crippen LogP contribution is 2.41. The Morgan fingerprint density at radius 3 is 2.11 bits per heavy atom. The fourth-order valence-electron chi connectivity index (χ4n) is 1.19. The summed E-state index contributed by atoms with van der Waals surface area (Å²) in [5.41, 5.74) is 3.34. The van der Waals surface area contributed by atoms with E-state index in [1.54, 1.807) is 11.1 Å². The molecule has 0 aromatic carbocycles. The summed E-state index contributed by atoms with van der Waals surface area (Å²) in [6.07, 6.45) is 1.37. The molecule has 0 nitrogen and oxygen atoms in total. The molecule has 52 valence electrons. The van der Waals surface area contributed by atoms with Crippen LogP contribution in [0.25, 0.3) is 0 Å². The van der Waals surface area contributed by atoms with Gasteiger partial charge in [0.1, 0.15) is 0 Å². The van der Waals surface area contributed by atoms with Gasteiger partial charge >= 0.3 is 0 Å². The van der Waals surface area contributed by atoms with Crippen LogP contribution in [0.2, 0.25) is 0 Å². The van der Waals surface area contributed by atoms with Crippen LogP contribution in [-0.4, -0.2) is 0 Å². The summed E-state index contributed by atoms with van der Waals surface area (Å²) < 4.78 is 0. The van der Waals surface area contributed by atoms with E-state index in [1.807, 2.05) is 0 Å². The molecule has 0 saturated heterocycles. The summed E-state index contributed by atoms with van der Waals surface area (Å²) in [6.45, 7) is 9.12. The molecule has 0 aromatic heterocycles. The lowest BCUT2D eigenvalue weighted by atomic mass is 10.0. The van der Waals surface area contributed by atoms with Crippen LogP contribution in [-0.2, 0) is 0 Å². The number of rotatable bonds is 1. The topological polar surface area (TPSA) is 0 Å². The molecule has 0 heteroatoms. The molecule has 0 aromatic rings. The molecule has 9 heavy (non-hydrogen) atoms. The summed E-state index contributed by atoms with van der Waals surface area (Å²) in [5, 5.41) is 0. The lowest BCUT2D eigenvalue weighted by Gasteiger charge is -2.02. The maximum atomic E-state index is 2.31. The van der Waals surface area contributed by atoms with Gasteiger partial charge in [-0.25, -0.2) is 0 Å². The van der Waals surface area contributed by atoms with Gasteiger partial charge in [-0.05, 0) is 25.2 Å². The predicted octanol–water partition coefficient (Wildman–Crippen LogP) is 3.00. The Kier molecular flexibility index (Phi) is 1.65. The molecule has 1 rings (SSSR count). The molecule has 1 aliphatic rings. The number of hydrogen-bond acceptors (Lipinski definition) is 0. The quantitative estimate of drug-likeness (QED) is 0.471. The lowest BCUT2D eigenvalue weighted by molar-refractivity contribution is 0.761. The van der Waals surface area contributed by atoms with Gasteiger partial charge in [0, 0.05) is 0 Å². The summed E-state index contributed by atoms with van der Waals surface area (Å²) >= 11 is 0. The predicted molar refractivity (Wildman–Crippen MR) is 41.3 cm³/mol. The zero-order chi connectivity index (χ0) is 7.02. The van der Waals surface area contributed by atoms with Crippen LogP contribution in [0.4, 0.5) is 0 Å². The number of allylic oxidation sites excluding steroid dienone is 2. The molecule has 0 radical (unpaired) electrons. The van der Waals surface area contributed by atoms with Crippen LogP contribution in [0.3, 0.4) is 0 Å². The Morgan fingerprint density at radius 2 is 2.00 bits per heavy atom. The molecule has 0 bridgehead atoms. The third-order valence-electron chi connectivity index (χ3n) is 2.33. The van der Waals surface area contributed by atoms with Crippen molar-refractivity contribution < 1.29 is 0 Å². The van der Waals surface area contributed by atoms with Crippen molar-refractivity contribution in [2.24, 2.45) is 11.8 Å². The number of hydrogen-bond donors (Lipinski definition) is 0. The summed E-state index contributed by atoms with van der Waals surface area (Å²) in [7, 11) is 0. The van der Waals surface area contributed by atoms with E-state index < -0.39 is 0 Å². The molecule has 0 heterocycles. The minimum absolute atomic E-state index is 0.768. The first-order chi connectivity index (χ1) is 4.13. The Labute approximate surface area is 58.0 Å². The normalized spacial score (nSPS) is 31.0. The summed E-state index contributed by atoms with van der Waals surface area (Å²) in [5.74, 6) is 1.68. The molecule has 0 aliphatic heterocycles. The standard InChI is InChI=1S/C9H16/c1-6(2)8(4)9-5-7(9)3/h6-7H,5H2,1-4H3. The van der Waals surface area contributed by atoms with Gasteiger partial charge in [0.05, 0.1) is 0 Å². The Hall–Kier alpha value is -0.260. The van der Waals surface area contributed by atoms with Gasteiger partial charge in [-0.15, -0.1) is 0 Å². The van der Waals surface area contributed by atoms with Gasteiger partial charge in [-0.1, -0.05) is 31.9 Å². The van der Waals surface area contributed by atoms with Crippen molar-refractivity contribution in [1.29, 1.82) is 0 Å². The van der Waals surface area contributed by atoms with Gasteiger partial charge in [-0.2, -0.15) is 0 Å². The van der Waals surface area contributed by atoms with E-state index in [9.17, 15) is 0 Å². The largest absolute Gasteiger partial charge is 0.0713 e. The van der Waals surface area contributed by atoms with Crippen LogP contribution in [0.5, 0.6) is 0 Å².